The first-order valence-corrected chi connectivity index (χ1v) is 3.27. The molecule has 1 N–H and O–H groups in total. The maximum Gasteiger partial charge on any atom is 0.131 e. The van der Waals surface area contributed by atoms with Crippen molar-refractivity contribution in [3.63, 3.8) is 0 Å². The second-order valence-corrected chi connectivity index (χ2v) is 2.05. The van der Waals surface area contributed by atoms with Crippen LogP contribution in [0.5, 0.6) is 0 Å². The van der Waals surface area contributed by atoms with Crippen LogP contribution in [0.2, 0.25) is 0 Å². The zero-order valence-corrected chi connectivity index (χ0v) is 6.22. The van der Waals surface area contributed by atoms with Crippen molar-refractivity contribution in [2.24, 2.45) is 0 Å². The van der Waals surface area contributed by atoms with E-state index in [0.717, 1.165) is 17.8 Å². The van der Waals surface area contributed by atoms with Crippen molar-refractivity contribution < 1.29 is 4.79 Å². The molecule has 1 aromatic heterocycles. The van der Waals surface area contributed by atoms with E-state index in [1.807, 2.05) is 6.92 Å². The van der Waals surface area contributed by atoms with Crippen LogP contribution in [0.25, 0.3) is 0 Å². The number of rotatable bonds is 1. The van der Waals surface area contributed by atoms with Gasteiger partial charge in [-0.2, -0.15) is 0 Å². The van der Waals surface area contributed by atoms with Crippen LogP contribution in [0.15, 0.2) is 6.20 Å². The second-order valence-electron chi connectivity index (χ2n) is 2.05. The number of hydrogen-bond acceptors (Lipinski definition) is 2. The van der Waals surface area contributed by atoms with Crippen molar-refractivity contribution in [1.29, 1.82) is 0 Å². The Morgan fingerprint density at radius 1 is 1.82 bits per heavy atom. The van der Waals surface area contributed by atoms with E-state index in [2.05, 4.69) is 21.8 Å². The lowest BCUT2D eigenvalue weighted by Gasteiger charge is -1.76. The summed E-state index contributed by atoms with van der Waals surface area (Å²) in [6.07, 6.45) is 2.70. The van der Waals surface area contributed by atoms with Gasteiger partial charge in [-0.05, 0) is 12.8 Å². The van der Waals surface area contributed by atoms with Gasteiger partial charge in [0.2, 0.25) is 0 Å². The first kappa shape index (κ1) is 7.55. The van der Waals surface area contributed by atoms with Crippen molar-refractivity contribution >= 4 is 6.29 Å². The molecule has 0 aliphatic rings. The quantitative estimate of drug-likeness (QED) is 0.469. The summed E-state index contributed by atoms with van der Waals surface area (Å²) in [4.78, 5) is 16.8. The third-order valence-corrected chi connectivity index (χ3v) is 1.11. The molecule has 0 saturated heterocycles. The molecule has 1 rings (SSSR count). The highest BCUT2D eigenvalue weighted by Gasteiger charge is 1.88. The predicted octanol–water partition coefficient (Wildman–Crippen LogP) is 0.659. The molecule has 0 amide bonds. The minimum Gasteiger partial charge on any atom is -0.336 e. The van der Waals surface area contributed by atoms with Crippen molar-refractivity contribution in [2.45, 2.75) is 13.3 Å². The molecular weight excluding hydrogens is 140 g/mol. The number of aldehydes is 1. The molecule has 56 valence electrons. The van der Waals surface area contributed by atoms with Crippen molar-refractivity contribution in [3.05, 3.63) is 17.7 Å². The number of aryl methyl sites for hydroxylation is 1. The van der Waals surface area contributed by atoms with Crippen LogP contribution in [-0.2, 0) is 4.79 Å². The van der Waals surface area contributed by atoms with E-state index in [-0.39, 0.29) is 6.42 Å². The average molecular weight is 148 g/mol. The summed E-state index contributed by atoms with van der Waals surface area (Å²) in [5.74, 6) is 6.28. The highest BCUT2D eigenvalue weighted by molar-refractivity contribution is 5.54. The Balaban J connectivity index is 2.65. The van der Waals surface area contributed by atoms with E-state index in [9.17, 15) is 4.79 Å². The molecule has 0 aliphatic carbocycles. The number of aromatic nitrogens is 2. The molecule has 0 unspecified atom stereocenters. The lowest BCUT2D eigenvalue weighted by Crippen LogP contribution is -1.74. The van der Waals surface area contributed by atoms with Gasteiger partial charge in [-0.15, -0.1) is 0 Å². The largest absolute Gasteiger partial charge is 0.336 e. The first-order valence-electron chi connectivity index (χ1n) is 3.27. The third-order valence-electron chi connectivity index (χ3n) is 1.11. The van der Waals surface area contributed by atoms with Gasteiger partial charge in [0.1, 0.15) is 17.8 Å². The summed E-state index contributed by atoms with van der Waals surface area (Å²) in [7, 11) is 0. The molecule has 3 nitrogen and oxygen atoms in total. The molecule has 1 heterocycles. The maximum atomic E-state index is 9.87. The number of carbonyl (C=O) groups excluding carboxylic acids is 1. The standard InChI is InChI=1S/C8H8N2O/c1-7-9-6-8(10-7)4-2-3-5-11/h5-6H,3H2,1H3,(H,9,10). The fraction of sp³-hybridized carbons (Fsp3) is 0.250. The molecule has 1 aromatic rings. The molecule has 0 spiro atoms. The van der Waals surface area contributed by atoms with Crippen LogP contribution in [0.4, 0.5) is 0 Å². The van der Waals surface area contributed by atoms with Gasteiger partial charge in [0, 0.05) is 0 Å². The summed E-state index contributed by atoms with van der Waals surface area (Å²) in [6.45, 7) is 1.85. The lowest BCUT2D eigenvalue weighted by molar-refractivity contribution is -0.107. The van der Waals surface area contributed by atoms with Crippen LogP contribution in [0.1, 0.15) is 17.9 Å². The molecule has 0 bridgehead atoms. The minimum absolute atomic E-state index is 0.276. The molecule has 0 fully saturated rings. The summed E-state index contributed by atoms with van der Waals surface area (Å²) >= 11 is 0. The summed E-state index contributed by atoms with van der Waals surface area (Å²) in [6, 6.07) is 0. The Morgan fingerprint density at radius 3 is 3.18 bits per heavy atom. The molecule has 3 heteroatoms. The van der Waals surface area contributed by atoms with Gasteiger partial charge in [-0.1, -0.05) is 5.92 Å². The highest BCUT2D eigenvalue weighted by Crippen LogP contribution is 1.91. The van der Waals surface area contributed by atoms with E-state index in [4.69, 9.17) is 0 Å². The Labute approximate surface area is 64.8 Å². The fourth-order valence-corrected chi connectivity index (χ4v) is 0.672. The van der Waals surface area contributed by atoms with E-state index >= 15 is 0 Å². The van der Waals surface area contributed by atoms with Gasteiger partial charge < -0.3 is 9.78 Å². The van der Waals surface area contributed by atoms with Crippen LogP contribution in [0, 0.1) is 18.8 Å². The lowest BCUT2D eigenvalue weighted by atomic mass is 10.4. The Morgan fingerprint density at radius 2 is 2.64 bits per heavy atom. The monoisotopic (exact) mass is 148 g/mol. The third kappa shape index (κ3) is 2.26. The fourth-order valence-electron chi connectivity index (χ4n) is 0.672. The zero-order chi connectivity index (χ0) is 8.10. The van der Waals surface area contributed by atoms with Gasteiger partial charge in [0.25, 0.3) is 0 Å². The van der Waals surface area contributed by atoms with Crippen LogP contribution >= 0.6 is 0 Å². The predicted molar refractivity (Wildman–Crippen MR) is 40.9 cm³/mol. The Kier molecular flexibility index (Phi) is 2.45. The van der Waals surface area contributed by atoms with E-state index in [1.165, 1.54) is 0 Å². The number of nitrogens with zero attached hydrogens (tertiary/aromatic N) is 1. The summed E-state index contributed by atoms with van der Waals surface area (Å²) in [5.41, 5.74) is 0.754. The molecule has 0 aliphatic heterocycles. The van der Waals surface area contributed by atoms with E-state index in [1.54, 1.807) is 6.20 Å². The van der Waals surface area contributed by atoms with Crippen LogP contribution < -0.4 is 0 Å². The molecular formula is C8H8N2O. The number of imidazole rings is 1. The molecule has 0 radical (unpaired) electrons. The smallest absolute Gasteiger partial charge is 0.131 e. The average Bonchev–Trinajstić information content (AvgIpc) is 2.37. The van der Waals surface area contributed by atoms with Crippen LogP contribution in [0.3, 0.4) is 0 Å². The minimum atomic E-state index is 0.276. The van der Waals surface area contributed by atoms with Crippen LogP contribution in [-0.4, -0.2) is 16.3 Å². The number of nitrogens with one attached hydrogen (secondary N) is 1. The van der Waals surface area contributed by atoms with Gasteiger partial charge in [-0.3, -0.25) is 0 Å². The van der Waals surface area contributed by atoms with Crippen molar-refractivity contribution in [2.75, 3.05) is 0 Å². The first-order chi connectivity index (χ1) is 5.33. The Bertz CT molecular complexity index is 303. The molecule has 11 heavy (non-hydrogen) atoms. The Hall–Kier alpha value is -1.56. The molecule has 0 aromatic carbocycles. The van der Waals surface area contributed by atoms with Gasteiger partial charge in [0.05, 0.1) is 12.6 Å². The SMILES string of the molecule is Cc1ncc(C#CCC=O)[nH]1. The number of carbonyl (C=O) groups is 1. The van der Waals surface area contributed by atoms with E-state index in [0.29, 0.717) is 0 Å². The van der Waals surface area contributed by atoms with Gasteiger partial charge >= 0.3 is 0 Å². The second kappa shape index (κ2) is 3.57. The summed E-state index contributed by atoms with van der Waals surface area (Å²) < 4.78 is 0. The number of H-pyrrole nitrogens is 1. The zero-order valence-electron chi connectivity index (χ0n) is 6.22. The highest BCUT2D eigenvalue weighted by atomic mass is 16.1. The summed E-state index contributed by atoms with van der Waals surface area (Å²) in [5, 5.41) is 0. The normalized spacial score (nSPS) is 8.45. The van der Waals surface area contributed by atoms with Crippen molar-refractivity contribution in [3.8, 4) is 11.8 Å². The molecule has 0 saturated carbocycles. The van der Waals surface area contributed by atoms with Crippen molar-refractivity contribution in [1.82, 2.24) is 9.97 Å². The van der Waals surface area contributed by atoms with Gasteiger partial charge in [0.15, 0.2) is 0 Å². The molecule has 0 atom stereocenters. The number of hydrogen-bond donors (Lipinski definition) is 1. The maximum absolute atomic E-state index is 9.87. The van der Waals surface area contributed by atoms with Gasteiger partial charge in [-0.25, -0.2) is 4.98 Å². The topological polar surface area (TPSA) is 45.8 Å². The number of aromatic amines is 1. The van der Waals surface area contributed by atoms with E-state index < -0.39 is 0 Å².